The zero-order valence-electron chi connectivity index (χ0n) is 10.4. The highest BCUT2D eigenvalue weighted by atomic mass is 16.6. The van der Waals surface area contributed by atoms with Crippen LogP contribution in [-0.2, 0) is 0 Å². The molecule has 2 saturated carbocycles. The summed E-state index contributed by atoms with van der Waals surface area (Å²) in [5.74, 6) is 1.94. The van der Waals surface area contributed by atoms with E-state index < -0.39 is 0 Å². The first kappa shape index (κ1) is 11.4. The van der Waals surface area contributed by atoms with Crippen molar-refractivity contribution < 1.29 is 4.92 Å². The first-order valence-electron chi connectivity index (χ1n) is 6.51. The van der Waals surface area contributed by atoms with E-state index in [4.69, 9.17) is 0 Å². The van der Waals surface area contributed by atoms with Gasteiger partial charge in [-0.2, -0.15) is 0 Å². The second-order valence-corrected chi connectivity index (χ2v) is 5.51. The van der Waals surface area contributed by atoms with E-state index in [1.54, 1.807) is 19.2 Å². The van der Waals surface area contributed by atoms with Crippen LogP contribution in [-0.4, -0.2) is 15.9 Å². The first-order chi connectivity index (χ1) is 8.65. The minimum absolute atomic E-state index is 0.125. The Kier molecular flexibility index (Phi) is 2.69. The lowest BCUT2D eigenvalue weighted by molar-refractivity contribution is -0.384. The van der Waals surface area contributed by atoms with Crippen LogP contribution in [0.15, 0.2) is 12.3 Å². The molecule has 5 heteroatoms. The molecule has 1 aromatic rings. The summed E-state index contributed by atoms with van der Waals surface area (Å²) in [7, 11) is 0. The Morgan fingerprint density at radius 1 is 1.44 bits per heavy atom. The summed E-state index contributed by atoms with van der Waals surface area (Å²) in [6.07, 6.45) is 6.63. The third-order valence-corrected chi connectivity index (χ3v) is 4.37. The summed E-state index contributed by atoms with van der Waals surface area (Å²) >= 11 is 0. The molecule has 3 rings (SSSR count). The highest BCUT2D eigenvalue weighted by Gasteiger charge is 2.40. The molecule has 2 fully saturated rings. The van der Waals surface area contributed by atoms with E-state index in [1.807, 2.05) is 0 Å². The van der Waals surface area contributed by atoms with Gasteiger partial charge in [-0.25, -0.2) is 4.98 Å². The second kappa shape index (κ2) is 4.23. The van der Waals surface area contributed by atoms with Crippen LogP contribution in [0.1, 0.15) is 31.2 Å². The quantitative estimate of drug-likeness (QED) is 0.658. The van der Waals surface area contributed by atoms with Crippen molar-refractivity contribution in [3.05, 3.63) is 27.9 Å². The summed E-state index contributed by atoms with van der Waals surface area (Å²) in [5.41, 5.74) is 0.793. The number of aromatic nitrogens is 1. The van der Waals surface area contributed by atoms with Crippen LogP contribution in [0.3, 0.4) is 0 Å². The van der Waals surface area contributed by atoms with Crippen LogP contribution in [0.2, 0.25) is 0 Å². The third kappa shape index (κ3) is 1.83. The number of nitrogens with one attached hydrogen (secondary N) is 1. The standard InChI is InChI=1S/C13H17N3O2/c1-8-4-5-14-13(12(8)16(17)18)15-11-7-9-2-3-10(11)6-9/h4-5,9-11H,2-3,6-7H2,1H3,(H,14,15). The highest BCUT2D eigenvalue weighted by molar-refractivity contribution is 5.60. The Balaban J connectivity index is 1.84. The molecular weight excluding hydrogens is 230 g/mol. The summed E-state index contributed by atoms with van der Waals surface area (Å²) in [5, 5.41) is 14.4. The molecule has 1 heterocycles. The van der Waals surface area contributed by atoms with Gasteiger partial charge in [0.25, 0.3) is 0 Å². The molecule has 96 valence electrons. The van der Waals surface area contributed by atoms with Gasteiger partial charge in [-0.05, 0) is 44.1 Å². The number of rotatable bonds is 3. The van der Waals surface area contributed by atoms with E-state index in [-0.39, 0.29) is 10.6 Å². The monoisotopic (exact) mass is 247 g/mol. The van der Waals surface area contributed by atoms with Crippen molar-refractivity contribution in [2.75, 3.05) is 5.32 Å². The molecule has 0 aliphatic heterocycles. The molecular formula is C13H17N3O2. The molecule has 18 heavy (non-hydrogen) atoms. The normalized spacial score (nSPS) is 29.5. The second-order valence-electron chi connectivity index (χ2n) is 5.51. The van der Waals surface area contributed by atoms with Gasteiger partial charge in [0, 0.05) is 17.8 Å². The Labute approximate surface area is 106 Å². The van der Waals surface area contributed by atoms with Crippen molar-refractivity contribution in [2.45, 2.75) is 38.6 Å². The van der Waals surface area contributed by atoms with Gasteiger partial charge < -0.3 is 5.32 Å². The fourth-order valence-corrected chi connectivity index (χ4v) is 3.48. The molecule has 1 aromatic heterocycles. The predicted molar refractivity (Wildman–Crippen MR) is 68.5 cm³/mol. The van der Waals surface area contributed by atoms with Gasteiger partial charge in [0.15, 0.2) is 0 Å². The highest BCUT2D eigenvalue weighted by Crippen LogP contribution is 2.46. The maximum atomic E-state index is 11.1. The number of nitro groups is 1. The number of hydrogen-bond donors (Lipinski definition) is 1. The summed E-state index contributed by atoms with van der Waals surface area (Å²) < 4.78 is 0. The van der Waals surface area contributed by atoms with Crippen molar-refractivity contribution in [1.29, 1.82) is 0 Å². The Morgan fingerprint density at radius 2 is 2.28 bits per heavy atom. The largest absolute Gasteiger partial charge is 0.361 e. The average Bonchev–Trinajstić information content (AvgIpc) is 2.90. The molecule has 2 bridgehead atoms. The molecule has 5 nitrogen and oxygen atoms in total. The van der Waals surface area contributed by atoms with Gasteiger partial charge in [-0.15, -0.1) is 0 Å². The number of aryl methyl sites for hydroxylation is 1. The van der Waals surface area contributed by atoms with E-state index in [2.05, 4.69) is 10.3 Å². The van der Waals surface area contributed by atoms with Gasteiger partial charge in [0.2, 0.25) is 5.82 Å². The van der Waals surface area contributed by atoms with Gasteiger partial charge in [0.05, 0.1) is 4.92 Å². The van der Waals surface area contributed by atoms with Gasteiger partial charge >= 0.3 is 5.69 Å². The SMILES string of the molecule is Cc1ccnc(NC2CC3CCC2C3)c1[N+](=O)[O-]. The number of anilines is 1. The maximum Gasteiger partial charge on any atom is 0.314 e. The molecule has 3 atom stereocenters. The molecule has 2 aliphatic carbocycles. The van der Waals surface area contributed by atoms with E-state index in [1.165, 1.54) is 19.3 Å². The summed E-state index contributed by atoms with van der Waals surface area (Å²) in [6.45, 7) is 1.76. The summed E-state index contributed by atoms with van der Waals surface area (Å²) in [6, 6.07) is 2.06. The lowest BCUT2D eigenvalue weighted by Crippen LogP contribution is -2.26. The fourth-order valence-electron chi connectivity index (χ4n) is 3.48. The van der Waals surface area contributed by atoms with Crippen LogP contribution in [0.25, 0.3) is 0 Å². The van der Waals surface area contributed by atoms with Gasteiger partial charge in [-0.1, -0.05) is 6.42 Å². The predicted octanol–water partition coefficient (Wildman–Crippen LogP) is 2.90. The van der Waals surface area contributed by atoms with Crippen LogP contribution in [0.4, 0.5) is 11.5 Å². The van der Waals surface area contributed by atoms with Crippen molar-refractivity contribution in [2.24, 2.45) is 11.8 Å². The van der Waals surface area contributed by atoms with Gasteiger partial charge in [-0.3, -0.25) is 10.1 Å². The number of pyridine rings is 1. The Morgan fingerprint density at radius 3 is 2.89 bits per heavy atom. The molecule has 2 aliphatic rings. The van der Waals surface area contributed by atoms with Crippen molar-refractivity contribution in [1.82, 2.24) is 4.98 Å². The summed E-state index contributed by atoms with van der Waals surface area (Å²) in [4.78, 5) is 14.9. The van der Waals surface area contributed by atoms with Crippen LogP contribution in [0.5, 0.6) is 0 Å². The molecule has 3 unspecified atom stereocenters. The van der Waals surface area contributed by atoms with E-state index in [0.29, 0.717) is 23.3 Å². The number of hydrogen-bond acceptors (Lipinski definition) is 4. The molecule has 1 N–H and O–H groups in total. The lowest BCUT2D eigenvalue weighted by Gasteiger charge is -2.23. The van der Waals surface area contributed by atoms with E-state index in [0.717, 1.165) is 12.3 Å². The minimum atomic E-state index is -0.335. The molecule has 0 radical (unpaired) electrons. The zero-order valence-corrected chi connectivity index (χ0v) is 10.4. The zero-order chi connectivity index (χ0) is 12.7. The average molecular weight is 247 g/mol. The first-order valence-corrected chi connectivity index (χ1v) is 6.51. The smallest absolute Gasteiger partial charge is 0.314 e. The molecule has 0 aromatic carbocycles. The third-order valence-electron chi connectivity index (χ3n) is 4.37. The Bertz CT molecular complexity index is 489. The van der Waals surface area contributed by atoms with Crippen LogP contribution >= 0.6 is 0 Å². The van der Waals surface area contributed by atoms with Crippen LogP contribution in [0, 0.1) is 28.9 Å². The van der Waals surface area contributed by atoms with E-state index >= 15 is 0 Å². The van der Waals surface area contributed by atoms with Crippen molar-refractivity contribution in [3.8, 4) is 0 Å². The number of nitrogens with zero attached hydrogens (tertiary/aromatic N) is 2. The van der Waals surface area contributed by atoms with Crippen LogP contribution < -0.4 is 5.32 Å². The maximum absolute atomic E-state index is 11.1. The van der Waals surface area contributed by atoms with Gasteiger partial charge in [0.1, 0.15) is 0 Å². The molecule has 0 saturated heterocycles. The van der Waals surface area contributed by atoms with E-state index in [9.17, 15) is 10.1 Å². The number of fused-ring (bicyclic) bond motifs is 2. The van der Waals surface area contributed by atoms with Crippen molar-refractivity contribution in [3.63, 3.8) is 0 Å². The molecule has 0 amide bonds. The molecule has 0 spiro atoms. The fraction of sp³-hybridized carbons (Fsp3) is 0.615. The lowest BCUT2D eigenvalue weighted by atomic mass is 9.95. The van der Waals surface area contributed by atoms with Crippen molar-refractivity contribution >= 4 is 11.5 Å². The minimum Gasteiger partial charge on any atom is -0.361 e. The topological polar surface area (TPSA) is 68.1 Å². The Hall–Kier alpha value is -1.65.